The zero-order valence-corrected chi connectivity index (χ0v) is 9.29. The molecule has 3 nitrogen and oxygen atoms in total. The van der Waals surface area contributed by atoms with E-state index in [9.17, 15) is 0 Å². The van der Waals surface area contributed by atoms with Crippen molar-refractivity contribution < 1.29 is 0 Å². The molecule has 1 aromatic heterocycles. The standard InChI is InChI=1S/C12H19N3/c1-10-5-4-7-12(15-10)14-9-11-6-2-3-8-13-11/h4-5,7,11,13H,2-3,6,8-9H2,1H3,(H,14,15)/t11-/m1/s1. The van der Waals surface area contributed by atoms with Crippen molar-refractivity contribution >= 4 is 5.82 Å². The van der Waals surface area contributed by atoms with Crippen LogP contribution in [0.3, 0.4) is 0 Å². The number of hydrogen-bond acceptors (Lipinski definition) is 3. The molecule has 82 valence electrons. The highest BCUT2D eigenvalue weighted by Crippen LogP contribution is 2.09. The Morgan fingerprint density at radius 3 is 3.13 bits per heavy atom. The highest BCUT2D eigenvalue weighted by molar-refractivity contribution is 5.35. The molecule has 0 aliphatic carbocycles. The van der Waals surface area contributed by atoms with E-state index in [4.69, 9.17) is 0 Å². The van der Waals surface area contributed by atoms with Crippen LogP contribution in [0.25, 0.3) is 0 Å². The van der Waals surface area contributed by atoms with Crippen LogP contribution in [-0.4, -0.2) is 24.1 Å². The lowest BCUT2D eigenvalue weighted by Gasteiger charge is -2.23. The lowest BCUT2D eigenvalue weighted by atomic mass is 10.1. The Morgan fingerprint density at radius 1 is 1.47 bits per heavy atom. The molecule has 1 saturated heterocycles. The van der Waals surface area contributed by atoms with Crippen molar-refractivity contribution in [2.75, 3.05) is 18.4 Å². The van der Waals surface area contributed by atoms with Gasteiger partial charge in [-0.1, -0.05) is 12.5 Å². The summed E-state index contributed by atoms with van der Waals surface area (Å²) in [6.07, 6.45) is 3.94. The molecular formula is C12H19N3. The Kier molecular flexibility index (Phi) is 3.56. The maximum Gasteiger partial charge on any atom is 0.126 e. The second-order valence-corrected chi connectivity index (χ2v) is 4.19. The van der Waals surface area contributed by atoms with Gasteiger partial charge in [0.15, 0.2) is 0 Å². The molecule has 1 atom stereocenters. The summed E-state index contributed by atoms with van der Waals surface area (Å²) < 4.78 is 0. The Hall–Kier alpha value is -1.09. The van der Waals surface area contributed by atoms with Gasteiger partial charge in [0.2, 0.25) is 0 Å². The van der Waals surface area contributed by atoms with E-state index in [1.807, 2.05) is 25.1 Å². The number of pyridine rings is 1. The fraction of sp³-hybridized carbons (Fsp3) is 0.583. The molecule has 0 radical (unpaired) electrons. The SMILES string of the molecule is Cc1cccc(NC[C@H]2CCCCN2)n1. The van der Waals surface area contributed by atoms with E-state index < -0.39 is 0 Å². The normalized spacial score (nSPS) is 21.3. The number of anilines is 1. The van der Waals surface area contributed by atoms with E-state index in [1.54, 1.807) is 0 Å². The predicted molar refractivity (Wildman–Crippen MR) is 63.1 cm³/mol. The fourth-order valence-corrected chi connectivity index (χ4v) is 1.97. The van der Waals surface area contributed by atoms with Crippen molar-refractivity contribution in [2.45, 2.75) is 32.2 Å². The molecule has 0 aromatic carbocycles. The van der Waals surface area contributed by atoms with E-state index in [-0.39, 0.29) is 0 Å². The Balaban J connectivity index is 1.81. The van der Waals surface area contributed by atoms with Gasteiger partial charge in [0, 0.05) is 18.3 Å². The molecule has 1 aromatic rings. The molecule has 0 bridgehead atoms. The van der Waals surface area contributed by atoms with Gasteiger partial charge < -0.3 is 10.6 Å². The molecule has 0 spiro atoms. The Bertz CT molecular complexity index is 305. The van der Waals surface area contributed by atoms with Gasteiger partial charge in [0.05, 0.1) is 0 Å². The van der Waals surface area contributed by atoms with E-state index in [1.165, 1.54) is 19.3 Å². The van der Waals surface area contributed by atoms with Crippen LogP contribution in [0.2, 0.25) is 0 Å². The van der Waals surface area contributed by atoms with Gasteiger partial charge in [-0.15, -0.1) is 0 Å². The topological polar surface area (TPSA) is 37.0 Å². The number of piperidine rings is 1. The largest absolute Gasteiger partial charge is 0.369 e. The molecule has 0 saturated carbocycles. The summed E-state index contributed by atoms with van der Waals surface area (Å²) in [5.74, 6) is 0.988. The summed E-state index contributed by atoms with van der Waals surface area (Å²) in [4.78, 5) is 4.42. The molecule has 2 N–H and O–H groups in total. The van der Waals surface area contributed by atoms with Crippen LogP contribution in [0.15, 0.2) is 18.2 Å². The van der Waals surface area contributed by atoms with Crippen LogP contribution in [0.4, 0.5) is 5.82 Å². The summed E-state index contributed by atoms with van der Waals surface area (Å²) in [5, 5.41) is 6.90. The monoisotopic (exact) mass is 205 g/mol. The van der Waals surface area contributed by atoms with Crippen LogP contribution >= 0.6 is 0 Å². The summed E-state index contributed by atoms with van der Waals surface area (Å²) in [5.41, 5.74) is 1.07. The summed E-state index contributed by atoms with van der Waals surface area (Å²) >= 11 is 0. The first-order valence-electron chi connectivity index (χ1n) is 5.75. The quantitative estimate of drug-likeness (QED) is 0.792. The van der Waals surface area contributed by atoms with Crippen molar-refractivity contribution in [3.63, 3.8) is 0 Å². The molecular weight excluding hydrogens is 186 g/mol. The maximum atomic E-state index is 4.42. The number of nitrogens with zero attached hydrogens (tertiary/aromatic N) is 1. The van der Waals surface area contributed by atoms with Crippen molar-refractivity contribution in [1.82, 2.24) is 10.3 Å². The van der Waals surface area contributed by atoms with Gasteiger partial charge in [-0.3, -0.25) is 0 Å². The third kappa shape index (κ3) is 3.20. The summed E-state index contributed by atoms with van der Waals surface area (Å²) in [6.45, 7) is 4.16. The minimum absolute atomic E-state index is 0.612. The smallest absolute Gasteiger partial charge is 0.126 e. The lowest BCUT2D eigenvalue weighted by molar-refractivity contribution is 0.414. The van der Waals surface area contributed by atoms with Crippen LogP contribution in [0, 0.1) is 6.92 Å². The van der Waals surface area contributed by atoms with Gasteiger partial charge in [0.1, 0.15) is 5.82 Å². The molecule has 2 rings (SSSR count). The Labute approximate surface area is 91.3 Å². The Morgan fingerprint density at radius 2 is 2.40 bits per heavy atom. The minimum atomic E-state index is 0.612. The van der Waals surface area contributed by atoms with Gasteiger partial charge >= 0.3 is 0 Å². The fourth-order valence-electron chi connectivity index (χ4n) is 1.97. The van der Waals surface area contributed by atoms with Gasteiger partial charge in [0.25, 0.3) is 0 Å². The summed E-state index contributed by atoms with van der Waals surface area (Å²) in [7, 11) is 0. The molecule has 3 heteroatoms. The van der Waals surface area contributed by atoms with Crippen molar-refractivity contribution in [3.05, 3.63) is 23.9 Å². The first-order chi connectivity index (χ1) is 7.34. The minimum Gasteiger partial charge on any atom is -0.369 e. The van der Waals surface area contributed by atoms with E-state index >= 15 is 0 Å². The molecule has 1 aliphatic rings. The first kappa shape index (κ1) is 10.4. The van der Waals surface area contributed by atoms with Gasteiger partial charge in [-0.25, -0.2) is 4.98 Å². The first-order valence-corrected chi connectivity index (χ1v) is 5.75. The van der Waals surface area contributed by atoms with E-state index in [0.717, 1.165) is 24.6 Å². The highest BCUT2D eigenvalue weighted by Gasteiger charge is 2.11. The summed E-state index contributed by atoms with van der Waals surface area (Å²) in [6, 6.07) is 6.69. The zero-order chi connectivity index (χ0) is 10.5. The third-order valence-electron chi connectivity index (χ3n) is 2.83. The van der Waals surface area contributed by atoms with Crippen LogP contribution in [0.1, 0.15) is 25.0 Å². The van der Waals surface area contributed by atoms with E-state index in [2.05, 4.69) is 15.6 Å². The van der Waals surface area contributed by atoms with Crippen molar-refractivity contribution in [1.29, 1.82) is 0 Å². The molecule has 1 aliphatic heterocycles. The number of aromatic nitrogens is 1. The van der Waals surface area contributed by atoms with Crippen molar-refractivity contribution in [3.8, 4) is 0 Å². The number of rotatable bonds is 3. The number of hydrogen-bond donors (Lipinski definition) is 2. The molecule has 0 unspecified atom stereocenters. The molecule has 1 fully saturated rings. The van der Waals surface area contributed by atoms with Gasteiger partial charge in [-0.05, 0) is 38.4 Å². The molecule has 15 heavy (non-hydrogen) atoms. The maximum absolute atomic E-state index is 4.42. The molecule has 2 heterocycles. The number of aryl methyl sites for hydroxylation is 1. The number of nitrogens with one attached hydrogen (secondary N) is 2. The van der Waals surface area contributed by atoms with E-state index in [0.29, 0.717) is 6.04 Å². The average molecular weight is 205 g/mol. The average Bonchev–Trinajstić information content (AvgIpc) is 2.28. The second kappa shape index (κ2) is 5.12. The zero-order valence-electron chi connectivity index (χ0n) is 9.29. The second-order valence-electron chi connectivity index (χ2n) is 4.19. The highest BCUT2D eigenvalue weighted by atomic mass is 15.0. The third-order valence-corrected chi connectivity index (χ3v) is 2.83. The predicted octanol–water partition coefficient (Wildman–Crippen LogP) is 1.94. The van der Waals surface area contributed by atoms with Crippen molar-refractivity contribution in [2.24, 2.45) is 0 Å². The lowest BCUT2D eigenvalue weighted by Crippen LogP contribution is -2.39. The van der Waals surface area contributed by atoms with Crippen LogP contribution in [-0.2, 0) is 0 Å². The van der Waals surface area contributed by atoms with Gasteiger partial charge in [-0.2, -0.15) is 0 Å². The van der Waals surface area contributed by atoms with Crippen LogP contribution in [0.5, 0.6) is 0 Å². The molecule has 0 amide bonds. The van der Waals surface area contributed by atoms with Crippen LogP contribution < -0.4 is 10.6 Å².